The molecule has 0 aliphatic heterocycles. The molecule has 0 saturated heterocycles. The van der Waals surface area contributed by atoms with E-state index in [1.54, 1.807) is 5.51 Å². The van der Waals surface area contributed by atoms with Gasteiger partial charge in [-0.1, -0.05) is 0 Å². The van der Waals surface area contributed by atoms with Gasteiger partial charge in [-0.05, 0) is 13.0 Å². The van der Waals surface area contributed by atoms with Gasteiger partial charge >= 0.3 is 0 Å². The lowest BCUT2D eigenvalue weighted by molar-refractivity contribution is 0.0951. The molecule has 2 N–H and O–H groups in total. The molecule has 1 amide bonds. The van der Waals surface area contributed by atoms with E-state index in [1.165, 1.54) is 29.7 Å². The van der Waals surface area contributed by atoms with E-state index in [1.807, 2.05) is 6.92 Å². The first-order valence-corrected chi connectivity index (χ1v) is 5.90. The fourth-order valence-corrected chi connectivity index (χ4v) is 2.03. The predicted molar refractivity (Wildman–Crippen MR) is 65.1 cm³/mol. The number of aromatic nitrogens is 2. The number of amides is 1. The van der Waals surface area contributed by atoms with Crippen LogP contribution >= 0.6 is 11.3 Å². The molecule has 17 heavy (non-hydrogen) atoms. The van der Waals surface area contributed by atoms with Gasteiger partial charge in [0, 0.05) is 17.1 Å². The van der Waals surface area contributed by atoms with E-state index < -0.39 is 0 Å². The highest BCUT2D eigenvalue weighted by atomic mass is 32.1. The molecule has 0 atom stereocenters. The summed E-state index contributed by atoms with van der Waals surface area (Å²) in [6, 6.07) is 2.82. The van der Waals surface area contributed by atoms with Crippen LogP contribution in [0.1, 0.15) is 20.9 Å². The topological polar surface area (TPSA) is 74.8 Å². The number of nitrogens with zero attached hydrogens (tertiary/aromatic N) is 1. The number of pyridine rings is 1. The second-order valence-corrected chi connectivity index (χ2v) is 4.42. The van der Waals surface area contributed by atoms with Crippen LogP contribution < -0.4 is 10.9 Å². The quantitative estimate of drug-likeness (QED) is 0.854. The Labute approximate surface area is 102 Å². The van der Waals surface area contributed by atoms with Gasteiger partial charge in [0.15, 0.2) is 0 Å². The minimum Gasteiger partial charge on any atom is -0.347 e. The van der Waals surface area contributed by atoms with Gasteiger partial charge in [-0.25, -0.2) is 4.98 Å². The highest BCUT2D eigenvalue weighted by Gasteiger charge is 2.07. The van der Waals surface area contributed by atoms with Crippen LogP contribution in [0.25, 0.3) is 0 Å². The van der Waals surface area contributed by atoms with Crippen molar-refractivity contribution in [3.8, 4) is 0 Å². The molecule has 2 rings (SSSR count). The van der Waals surface area contributed by atoms with Crippen molar-refractivity contribution < 1.29 is 4.79 Å². The Morgan fingerprint density at radius 3 is 2.94 bits per heavy atom. The molecule has 5 nitrogen and oxygen atoms in total. The van der Waals surface area contributed by atoms with Crippen molar-refractivity contribution in [2.75, 3.05) is 0 Å². The molecule has 88 valence electrons. The fraction of sp³-hybridized carbons (Fsp3) is 0.182. The number of H-pyrrole nitrogens is 1. The average Bonchev–Trinajstić information content (AvgIpc) is 2.73. The lowest BCUT2D eigenvalue weighted by atomic mass is 10.2. The molecule has 2 aromatic heterocycles. The predicted octanol–water partition coefficient (Wildman–Crippen LogP) is 1.07. The molecule has 0 aliphatic rings. The molecule has 2 aromatic rings. The minimum atomic E-state index is -0.222. The molecule has 6 heteroatoms. The Hall–Kier alpha value is -1.95. The van der Waals surface area contributed by atoms with E-state index in [9.17, 15) is 9.59 Å². The smallest absolute Gasteiger partial charge is 0.253 e. The van der Waals surface area contributed by atoms with Crippen molar-refractivity contribution in [3.63, 3.8) is 0 Å². The van der Waals surface area contributed by atoms with Crippen LogP contribution in [-0.4, -0.2) is 15.9 Å². The molecular weight excluding hydrogens is 238 g/mol. The lowest BCUT2D eigenvalue weighted by Gasteiger charge is -2.03. The molecule has 0 aliphatic carbocycles. The van der Waals surface area contributed by atoms with Gasteiger partial charge < -0.3 is 10.3 Å². The number of thiazole rings is 1. The zero-order valence-corrected chi connectivity index (χ0v) is 10.0. The first kappa shape index (κ1) is 11.5. The number of aromatic amines is 1. The Morgan fingerprint density at radius 1 is 1.53 bits per heavy atom. The van der Waals surface area contributed by atoms with Crippen LogP contribution in [0.4, 0.5) is 0 Å². The van der Waals surface area contributed by atoms with Crippen molar-refractivity contribution in [1.29, 1.82) is 0 Å². The number of rotatable bonds is 3. The number of aryl methyl sites for hydroxylation is 1. The van der Waals surface area contributed by atoms with Gasteiger partial charge in [0.25, 0.3) is 5.91 Å². The summed E-state index contributed by atoms with van der Waals surface area (Å²) in [5, 5.41) is 2.77. The maximum Gasteiger partial charge on any atom is 0.253 e. The summed E-state index contributed by atoms with van der Waals surface area (Å²) in [5.41, 5.74) is 2.89. The Balaban J connectivity index is 2.00. The van der Waals surface area contributed by atoms with Gasteiger partial charge in [0.05, 0.1) is 23.3 Å². The monoisotopic (exact) mass is 249 g/mol. The van der Waals surface area contributed by atoms with Crippen LogP contribution in [0, 0.1) is 6.92 Å². The first-order chi connectivity index (χ1) is 8.16. The zero-order valence-electron chi connectivity index (χ0n) is 9.19. The number of hydrogen-bond acceptors (Lipinski definition) is 4. The third kappa shape index (κ3) is 2.79. The second-order valence-electron chi connectivity index (χ2n) is 3.49. The SMILES string of the molecule is Cc1ncsc1CNC(=O)c1ccc(=O)[nH]c1. The van der Waals surface area contributed by atoms with Crippen molar-refractivity contribution in [2.45, 2.75) is 13.5 Å². The number of carbonyl (C=O) groups excluding carboxylic acids is 1. The maximum atomic E-state index is 11.7. The summed E-state index contributed by atoms with van der Waals surface area (Å²) >= 11 is 1.51. The molecule has 0 spiro atoms. The van der Waals surface area contributed by atoms with Crippen LogP contribution in [0.5, 0.6) is 0 Å². The van der Waals surface area contributed by atoms with E-state index >= 15 is 0 Å². The van der Waals surface area contributed by atoms with Crippen molar-refractivity contribution in [3.05, 3.63) is 50.3 Å². The van der Waals surface area contributed by atoms with Crippen LogP contribution in [-0.2, 0) is 6.54 Å². The normalized spacial score (nSPS) is 10.2. The summed E-state index contributed by atoms with van der Waals surface area (Å²) in [7, 11) is 0. The van der Waals surface area contributed by atoms with Crippen LogP contribution in [0.2, 0.25) is 0 Å². The van der Waals surface area contributed by atoms with Gasteiger partial charge in [-0.15, -0.1) is 11.3 Å². The highest BCUT2D eigenvalue weighted by Crippen LogP contribution is 2.11. The lowest BCUT2D eigenvalue weighted by Crippen LogP contribution is -2.23. The summed E-state index contributed by atoms with van der Waals surface area (Å²) in [6.45, 7) is 2.35. The third-order valence-electron chi connectivity index (χ3n) is 2.30. The first-order valence-electron chi connectivity index (χ1n) is 5.03. The minimum absolute atomic E-state index is 0.214. The molecule has 0 radical (unpaired) electrons. The summed E-state index contributed by atoms with van der Waals surface area (Å²) in [4.78, 5) is 30.1. The number of nitrogens with one attached hydrogen (secondary N) is 2. The van der Waals surface area contributed by atoms with Crippen molar-refractivity contribution in [2.24, 2.45) is 0 Å². The van der Waals surface area contributed by atoms with Crippen molar-refractivity contribution >= 4 is 17.2 Å². The largest absolute Gasteiger partial charge is 0.347 e. The number of carbonyl (C=O) groups is 1. The molecule has 0 saturated carbocycles. The van der Waals surface area contributed by atoms with E-state index in [-0.39, 0.29) is 11.5 Å². The van der Waals surface area contributed by atoms with Crippen molar-refractivity contribution in [1.82, 2.24) is 15.3 Å². The van der Waals surface area contributed by atoms with Crippen LogP contribution in [0.3, 0.4) is 0 Å². The van der Waals surface area contributed by atoms with E-state index in [4.69, 9.17) is 0 Å². The average molecular weight is 249 g/mol. The van der Waals surface area contributed by atoms with E-state index in [0.29, 0.717) is 12.1 Å². The molecule has 0 unspecified atom stereocenters. The summed E-state index contributed by atoms with van der Waals surface area (Å²) < 4.78 is 0. The molecule has 0 fully saturated rings. The Kier molecular flexibility index (Phi) is 3.34. The Bertz CT molecular complexity index is 568. The fourth-order valence-electron chi connectivity index (χ4n) is 1.31. The van der Waals surface area contributed by atoms with E-state index in [2.05, 4.69) is 15.3 Å². The van der Waals surface area contributed by atoms with Gasteiger partial charge in [0.1, 0.15) is 0 Å². The molecule has 0 aromatic carbocycles. The Morgan fingerprint density at radius 2 is 2.35 bits per heavy atom. The van der Waals surface area contributed by atoms with Gasteiger partial charge in [0.2, 0.25) is 5.56 Å². The third-order valence-corrected chi connectivity index (χ3v) is 3.24. The van der Waals surface area contributed by atoms with Crippen LogP contribution in [0.15, 0.2) is 28.6 Å². The molecule has 2 heterocycles. The summed E-state index contributed by atoms with van der Waals surface area (Å²) in [5.74, 6) is -0.214. The van der Waals surface area contributed by atoms with Gasteiger partial charge in [-0.3, -0.25) is 9.59 Å². The standard InChI is InChI=1S/C11H11N3O2S/c1-7-9(17-6-14-7)5-13-11(16)8-2-3-10(15)12-4-8/h2-4,6H,5H2,1H3,(H,12,15)(H,13,16). The highest BCUT2D eigenvalue weighted by molar-refractivity contribution is 7.09. The molecule has 0 bridgehead atoms. The summed E-state index contributed by atoms with van der Waals surface area (Å²) in [6.07, 6.45) is 1.40. The zero-order chi connectivity index (χ0) is 12.3. The van der Waals surface area contributed by atoms with Gasteiger partial charge in [-0.2, -0.15) is 0 Å². The number of hydrogen-bond donors (Lipinski definition) is 2. The van der Waals surface area contributed by atoms with E-state index in [0.717, 1.165) is 10.6 Å². The molecular formula is C11H11N3O2S. The second kappa shape index (κ2) is 4.92. The maximum absolute atomic E-state index is 11.7.